The first-order chi connectivity index (χ1) is 19.1. The van der Waals surface area contributed by atoms with E-state index in [2.05, 4.69) is 39.5 Å². The fourth-order valence-electron chi connectivity index (χ4n) is 5.31. The highest BCUT2D eigenvalue weighted by molar-refractivity contribution is 7.92. The highest BCUT2D eigenvalue weighted by Crippen LogP contribution is 2.45. The van der Waals surface area contributed by atoms with E-state index in [0.29, 0.717) is 22.2 Å². The van der Waals surface area contributed by atoms with Gasteiger partial charge in [0.1, 0.15) is 11.5 Å². The smallest absolute Gasteiger partial charge is 0.229 e. The van der Waals surface area contributed by atoms with E-state index >= 15 is 0 Å². The third kappa shape index (κ3) is 5.22. The maximum Gasteiger partial charge on any atom is 0.229 e. The highest BCUT2D eigenvalue weighted by atomic mass is 32.2. The van der Waals surface area contributed by atoms with Crippen molar-refractivity contribution in [2.24, 2.45) is 0 Å². The number of pyridine rings is 1. The molecule has 0 radical (unpaired) electrons. The number of methoxy groups -OCH3 is 2. The summed E-state index contributed by atoms with van der Waals surface area (Å²) in [7, 11) is -0.396. The van der Waals surface area contributed by atoms with Crippen LogP contribution in [0.15, 0.2) is 72.9 Å². The molecule has 0 bridgehead atoms. The Morgan fingerprint density at radius 1 is 0.975 bits per heavy atom. The molecule has 2 atom stereocenters. The molecule has 0 aliphatic carbocycles. The molecule has 40 heavy (non-hydrogen) atoms. The van der Waals surface area contributed by atoms with Crippen molar-refractivity contribution in [2.75, 3.05) is 30.1 Å². The molecule has 9 nitrogen and oxygen atoms in total. The van der Waals surface area contributed by atoms with Crippen LogP contribution in [-0.4, -0.2) is 43.6 Å². The van der Waals surface area contributed by atoms with Crippen LogP contribution in [-0.2, 0) is 10.0 Å². The molecule has 2 unspecified atom stereocenters. The summed E-state index contributed by atoms with van der Waals surface area (Å²) in [5, 5.41) is 3.98. The molecule has 1 saturated heterocycles. The van der Waals surface area contributed by atoms with Gasteiger partial charge < -0.3 is 24.3 Å². The summed E-state index contributed by atoms with van der Waals surface area (Å²) >= 11 is 5.89. The number of hydrogen-bond acceptors (Lipinski definition) is 6. The number of benzene rings is 2. The van der Waals surface area contributed by atoms with Crippen molar-refractivity contribution in [1.29, 1.82) is 0 Å². The monoisotopic (exact) mass is 577 g/mol. The zero-order chi connectivity index (χ0) is 28.6. The Morgan fingerprint density at radius 3 is 2.45 bits per heavy atom. The van der Waals surface area contributed by atoms with Crippen LogP contribution < -0.4 is 24.4 Å². The number of aryl methyl sites for hydroxylation is 1. The molecule has 1 aliphatic rings. The minimum absolute atomic E-state index is 0.263. The van der Waals surface area contributed by atoms with Crippen molar-refractivity contribution >= 4 is 38.7 Å². The van der Waals surface area contributed by atoms with E-state index in [1.165, 1.54) is 7.11 Å². The highest BCUT2D eigenvalue weighted by Gasteiger charge is 2.42. The predicted octanol–water partition coefficient (Wildman–Crippen LogP) is 5.05. The van der Waals surface area contributed by atoms with E-state index in [-0.39, 0.29) is 12.1 Å². The van der Waals surface area contributed by atoms with Crippen molar-refractivity contribution in [2.45, 2.75) is 25.9 Å². The first-order valence-corrected chi connectivity index (χ1v) is 14.9. The molecule has 0 spiro atoms. The summed E-state index contributed by atoms with van der Waals surface area (Å²) in [5.74, 6) is 1.17. The SMILES string of the molecule is COc1cccc(-n2c(C)cc(C3C(c4ccccn4)NC(=S)N3c3ccc(OC)c(NS(C)(=O)=O)c3)c2C)c1. The van der Waals surface area contributed by atoms with Gasteiger partial charge in [-0.25, -0.2) is 8.42 Å². The summed E-state index contributed by atoms with van der Waals surface area (Å²) in [6.45, 7) is 4.15. The lowest BCUT2D eigenvalue weighted by atomic mass is 9.96. The number of sulfonamides is 1. The third-order valence-corrected chi connectivity index (χ3v) is 7.86. The molecule has 208 valence electrons. The van der Waals surface area contributed by atoms with E-state index < -0.39 is 10.0 Å². The minimum atomic E-state index is -3.55. The Morgan fingerprint density at radius 2 is 1.77 bits per heavy atom. The fraction of sp³-hybridized carbons (Fsp3) is 0.241. The van der Waals surface area contributed by atoms with Crippen LogP contribution >= 0.6 is 12.2 Å². The van der Waals surface area contributed by atoms with E-state index in [9.17, 15) is 8.42 Å². The normalized spacial score (nSPS) is 17.0. The summed E-state index contributed by atoms with van der Waals surface area (Å²) in [6, 6.07) is 20.7. The van der Waals surface area contributed by atoms with Crippen molar-refractivity contribution < 1.29 is 17.9 Å². The summed E-state index contributed by atoms with van der Waals surface area (Å²) in [6.07, 6.45) is 2.87. The minimum Gasteiger partial charge on any atom is -0.497 e. The molecule has 2 aromatic carbocycles. The van der Waals surface area contributed by atoms with Gasteiger partial charge in [0.05, 0.1) is 43.9 Å². The lowest BCUT2D eigenvalue weighted by Crippen LogP contribution is -2.29. The van der Waals surface area contributed by atoms with Gasteiger partial charge in [0.25, 0.3) is 0 Å². The number of nitrogens with one attached hydrogen (secondary N) is 2. The maximum absolute atomic E-state index is 12.1. The standard InChI is InChI=1S/C29H31N5O4S2/c1-18-15-23(19(2)33(18)20-9-8-10-22(16-20)37-3)28-27(24-11-6-7-14-30-24)31-29(39)34(28)21-12-13-26(38-4)25(17-21)32-40(5,35)36/h6-17,27-28,32H,1-5H3,(H,31,39). The number of anilines is 2. The number of rotatable bonds is 8. The summed E-state index contributed by atoms with van der Waals surface area (Å²) in [4.78, 5) is 6.66. The second kappa shape index (κ2) is 10.8. The molecule has 0 amide bonds. The Hall–Kier alpha value is -4.09. The number of thiocarbonyl (C=S) groups is 1. The van der Waals surface area contributed by atoms with E-state index in [1.807, 2.05) is 53.4 Å². The molecule has 4 aromatic rings. The Kier molecular flexibility index (Phi) is 7.43. The molecule has 5 rings (SSSR count). The van der Waals surface area contributed by atoms with Crippen molar-refractivity contribution in [3.8, 4) is 17.2 Å². The number of nitrogens with zero attached hydrogens (tertiary/aromatic N) is 3. The lowest BCUT2D eigenvalue weighted by Gasteiger charge is -2.29. The second-order valence-corrected chi connectivity index (χ2v) is 11.8. The molecule has 2 N–H and O–H groups in total. The van der Waals surface area contributed by atoms with Gasteiger partial charge in [-0.1, -0.05) is 12.1 Å². The topological polar surface area (TPSA) is 97.7 Å². The van der Waals surface area contributed by atoms with Crippen LogP contribution in [0.2, 0.25) is 0 Å². The van der Waals surface area contributed by atoms with Crippen molar-refractivity contribution in [3.05, 3.63) is 95.6 Å². The van der Waals surface area contributed by atoms with Crippen LogP contribution in [0.3, 0.4) is 0 Å². The van der Waals surface area contributed by atoms with E-state index in [1.54, 1.807) is 25.4 Å². The van der Waals surface area contributed by atoms with Gasteiger partial charge >= 0.3 is 0 Å². The van der Waals surface area contributed by atoms with Crippen LogP contribution in [0.5, 0.6) is 11.5 Å². The average Bonchev–Trinajstić information content (AvgIpc) is 3.43. The molecular weight excluding hydrogens is 546 g/mol. The van der Waals surface area contributed by atoms with Gasteiger partial charge in [-0.3, -0.25) is 9.71 Å². The van der Waals surface area contributed by atoms with Gasteiger partial charge in [-0.15, -0.1) is 0 Å². The van der Waals surface area contributed by atoms with Gasteiger partial charge in [-0.2, -0.15) is 0 Å². The fourth-order valence-corrected chi connectivity index (χ4v) is 6.21. The van der Waals surface area contributed by atoms with Crippen LogP contribution in [0.25, 0.3) is 5.69 Å². The van der Waals surface area contributed by atoms with Gasteiger partial charge in [0.2, 0.25) is 10.0 Å². The van der Waals surface area contributed by atoms with Crippen LogP contribution in [0.1, 0.15) is 34.7 Å². The largest absolute Gasteiger partial charge is 0.497 e. The van der Waals surface area contributed by atoms with E-state index in [4.69, 9.17) is 21.7 Å². The zero-order valence-corrected chi connectivity index (χ0v) is 24.5. The quantitative estimate of drug-likeness (QED) is 0.281. The number of hydrogen-bond donors (Lipinski definition) is 2. The zero-order valence-electron chi connectivity index (χ0n) is 22.9. The second-order valence-electron chi connectivity index (χ2n) is 9.62. The number of ether oxygens (including phenoxy) is 2. The molecular formula is C29H31N5O4S2. The van der Waals surface area contributed by atoms with Crippen LogP contribution in [0.4, 0.5) is 11.4 Å². The molecule has 2 aromatic heterocycles. The lowest BCUT2D eigenvalue weighted by molar-refractivity contribution is 0.414. The summed E-state index contributed by atoms with van der Waals surface area (Å²) < 4.78 is 39.9. The van der Waals surface area contributed by atoms with Crippen molar-refractivity contribution in [1.82, 2.24) is 14.9 Å². The first-order valence-electron chi connectivity index (χ1n) is 12.6. The third-order valence-electron chi connectivity index (χ3n) is 6.96. The van der Waals surface area contributed by atoms with E-state index in [0.717, 1.165) is 40.3 Å². The summed E-state index contributed by atoms with van der Waals surface area (Å²) in [5.41, 5.74) is 6.00. The molecule has 1 fully saturated rings. The molecule has 3 heterocycles. The van der Waals surface area contributed by atoms with Gasteiger partial charge in [0, 0.05) is 35.0 Å². The average molecular weight is 578 g/mol. The van der Waals surface area contributed by atoms with Gasteiger partial charge in [-0.05, 0) is 80.2 Å². The van der Waals surface area contributed by atoms with Crippen molar-refractivity contribution in [3.63, 3.8) is 0 Å². The first kappa shape index (κ1) is 27.5. The Bertz CT molecular complexity index is 1670. The Labute approximate surface area is 239 Å². The van der Waals surface area contributed by atoms with Crippen LogP contribution in [0, 0.1) is 13.8 Å². The Balaban J connectivity index is 1.68. The molecule has 11 heteroatoms. The predicted molar refractivity (Wildman–Crippen MR) is 161 cm³/mol. The van der Waals surface area contributed by atoms with Gasteiger partial charge in [0.15, 0.2) is 5.11 Å². The maximum atomic E-state index is 12.1. The molecule has 0 saturated carbocycles. The number of aromatic nitrogens is 2. The molecule has 1 aliphatic heterocycles.